The number of amides is 1. The van der Waals surface area contributed by atoms with Gasteiger partial charge in [-0.05, 0) is 31.8 Å². The molecular formula is C7H14N2O2. The molecule has 1 fully saturated rings. The van der Waals surface area contributed by atoms with E-state index in [1.54, 1.807) is 0 Å². The van der Waals surface area contributed by atoms with Crippen LogP contribution >= 0.6 is 0 Å². The summed E-state index contributed by atoms with van der Waals surface area (Å²) < 4.78 is 0. The average Bonchev–Trinajstić information content (AvgIpc) is 2.03. The van der Waals surface area contributed by atoms with Gasteiger partial charge in [-0.3, -0.25) is 0 Å². The fraction of sp³-hybridized carbons (Fsp3) is 0.857. The monoisotopic (exact) mass is 158 g/mol. The van der Waals surface area contributed by atoms with Crippen LogP contribution in [0.3, 0.4) is 0 Å². The first-order valence-corrected chi connectivity index (χ1v) is 3.96. The van der Waals surface area contributed by atoms with Crippen molar-refractivity contribution in [1.29, 1.82) is 0 Å². The van der Waals surface area contributed by atoms with Crippen LogP contribution in [0.1, 0.15) is 12.8 Å². The smallest absolute Gasteiger partial charge is 0.404 e. The summed E-state index contributed by atoms with van der Waals surface area (Å²) in [5.41, 5.74) is 0. The molecule has 0 unspecified atom stereocenters. The van der Waals surface area contributed by atoms with Crippen LogP contribution in [-0.2, 0) is 0 Å². The topological polar surface area (TPSA) is 61.4 Å². The molecule has 0 aromatic heterocycles. The molecule has 1 aliphatic rings. The first-order valence-electron chi connectivity index (χ1n) is 3.96. The van der Waals surface area contributed by atoms with Gasteiger partial charge in [0, 0.05) is 6.54 Å². The lowest BCUT2D eigenvalue weighted by Gasteiger charge is -2.22. The Morgan fingerprint density at radius 1 is 1.73 bits per heavy atom. The molecule has 0 radical (unpaired) electrons. The van der Waals surface area contributed by atoms with Crippen molar-refractivity contribution in [3.63, 3.8) is 0 Å². The van der Waals surface area contributed by atoms with Gasteiger partial charge in [-0.15, -0.1) is 0 Å². The molecule has 1 amide bonds. The molecule has 1 aliphatic heterocycles. The maximum atomic E-state index is 10.1. The van der Waals surface area contributed by atoms with E-state index in [9.17, 15) is 4.79 Å². The van der Waals surface area contributed by atoms with Gasteiger partial charge in [0.15, 0.2) is 0 Å². The van der Waals surface area contributed by atoms with Crippen molar-refractivity contribution in [2.24, 2.45) is 5.92 Å². The highest BCUT2D eigenvalue weighted by Crippen LogP contribution is 2.07. The third kappa shape index (κ3) is 3.23. The fourth-order valence-corrected chi connectivity index (χ4v) is 1.33. The lowest BCUT2D eigenvalue weighted by molar-refractivity contribution is 0.191. The van der Waals surface area contributed by atoms with Crippen LogP contribution in [-0.4, -0.2) is 30.8 Å². The van der Waals surface area contributed by atoms with Crippen molar-refractivity contribution in [3.8, 4) is 0 Å². The third-order valence-electron chi connectivity index (χ3n) is 1.94. The summed E-state index contributed by atoms with van der Waals surface area (Å²) >= 11 is 0. The van der Waals surface area contributed by atoms with Gasteiger partial charge < -0.3 is 15.7 Å². The van der Waals surface area contributed by atoms with Crippen LogP contribution in [0.4, 0.5) is 4.79 Å². The second-order valence-corrected chi connectivity index (χ2v) is 2.90. The molecule has 1 rings (SSSR count). The maximum Gasteiger partial charge on any atom is 0.404 e. The summed E-state index contributed by atoms with van der Waals surface area (Å²) in [5.74, 6) is 0.486. The van der Waals surface area contributed by atoms with Crippen LogP contribution in [0, 0.1) is 5.92 Å². The molecule has 0 saturated carbocycles. The molecule has 0 spiro atoms. The number of hydrogen-bond donors (Lipinski definition) is 3. The fourth-order valence-electron chi connectivity index (χ4n) is 1.33. The summed E-state index contributed by atoms with van der Waals surface area (Å²) in [6.07, 6.45) is 1.37. The quantitative estimate of drug-likeness (QED) is 0.540. The highest BCUT2D eigenvalue weighted by molar-refractivity contribution is 5.64. The zero-order chi connectivity index (χ0) is 8.10. The van der Waals surface area contributed by atoms with Crippen LogP contribution in [0.25, 0.3) is 0 Å². The minimum atomic E-state index is -0.921. The van der Waals surface area contributed by atoms with Crippen molar-refractivity contribution < 1.29 is 9.90 Å². The van der Waals surface area contributed by atoms with E-state index in [0.717, 1.165) is 25.9 Å². The molecule has 4 nitrogen and oxygen atoms in total. The Morgan fingerprint density at radius 3 is 3.09 bits per heavy atom. The first-order chi connectivity index (χ1) is 5.29. The standard InChI is InChI=1S/C7H14N2O2/c10-7(11)9-5-6-2-1-3-8-4-6/h6,8-9H,1-5H2,(H,10,11)/t6-/m1/s1. The van der Waals surface area contributed by atoms with Crippen LogP contribution < -0.4 is 10.6 Å². The highest BCUT2D eigenvalue weighted by Gasteiger charge is 2.12. The molecule has 1 heterocycles. The highest BCUT2D eigenvalue weighted by atomic mass is 16.4. The Hall–Kier alpha value is -0.770. The Labute approximate surface area is 66.0 Å². The Morgan fingerprint density at radius 2 is 2.55 bits per heavy atom. The van der Waals surface area contributed by atoms with Gasteiger partial charge in [-0.2, -0.15) is 0 Å². The Kier molecular flexibility index (Phi) is 3.16. The summed E-state index contributed by atoms with van der Waals surface area (Å²) in [6, 6.07) is 0. The predicted octanol–water partition coefficient (Wildman–Crippen LogP) is 0.254. The van der Waals surface area contributed by atoms with E-state index in [1.165, 1.54) is 0 Å². The molecule has 0 bridgehead atoms. The van der Waals surface area contributed by atoms with E-state index in [4.69, 9.17) is 5.11 Å². The van der Waals surface area contributed by atoms with Gasteiger partial charge in [-0.1, -0.05) is 0 Å². The molecule has 0 aromatic rings. The third-order valence-corrected chi connectivity index (χ3v) is 1.94. The van der Waals surface area contributed by atoms with Crippen molar-refractivity contribution >= 4 is 6.09 Å². The number of nitrogens with one attached hydrogen (secondary N) is 2. The zero-order valence-electron chi connectivity index (χ0n) is 6.47. The lowest BCUT2D eigenvalue weighted by atomic mass is 10.00. The van der Waals surface area contributed by atoms with Crippen LogP contribution in [0.2, 0.25) is 0 Å². The second kappa shape index (κ2) is 4.18. The second-order valence-electron chi connectivity index (χ2n) is 2.90. The summed E-state index contributed by atoms with van der Waals surface area (Å²) in [7, 11) is 0. The molecule has 11 heavy (non-hydrogen) atoms. The largest absolute Gasteiger partial charge is 0.465 e. The predicted molar refractivity (Wildman–Crippen MR) is 41.6 cm³/mol. The molecule has 1 saturated heterocycles. The van der Waals surface area contributed by atoms with E-state index in [-0.39, 0.29) is 0 Å². The molecule has 3 N–H and O–H groups in total. The normalized spacial score (nSPS) is 24.5. The van der Waals surface area contributed by atoms with E-state index in [0.29, 0.717) is 12.5 Å². The van der Waals surface area contributed by atoms with Crippen molar-refractivity contribution in [3.05, 3.63) is 0 Å². The zero-order valence-corrected chi connectivity index (χ0v) is 6.47. The van der Waals surface area contributed by atoms with E-state index >= 15 is 0 Å². The summed E-state index contributed by atoms with van der Waals surface area (Å²) in [6.45, 7) is 2.60. The Balaban J connectivity index is 2.09. The molecule has 0 aliphatic carbocycles. The minimum Gasteiger partial charge on any atom is -0.465 e. The van der Waals surface area contributed by atoms with Crippen LogP contribution in [0.5, 0.6) is 0 Å². The number of piperidine rings is 1. The van der Waals surface area contributed by atoms with E-state index in [1.807, 2.05) is 0 Å². The molecule has 0 aromatic carbocycles. The summed E-state index contributed by atoms with van der Waals surface area (Å²) in [5, 5.41) is 13.9. The molecular weight excluding hydrogens is 144 g/mol. The van der Waals surface area contributed by atoms with Crippen molar-refractivity contribution in [1.82, 2.24) is 10.6 Å². The van der Waals surface area contributed by atoms with Gasteiger partial charge in [0.2, 0.25) is 0 Å². The van der Waals surface area contributed by atoms with Gasteiger partial charge in [0.05, 0.1) is 0 Å². The van der Waals surface area contributed by atoms with Crippen LogP contribution in [0.15, 0.2) is 0 Å². The number of carbonyl (C=O) groups is 1. The van der Waals surface area contributed by atoms with Gasteiger partial charge in [0.1, 0.15) is 0 Å². The maximum absolute atomic E-state index is 10.1. The minimum absolute atomic E-state index is 0.486. The van der Waals surface area contributed by atoms with Gasteiger partial charge in [-0.25, -0.2) is 4.79 Å². The molecule has 4 heteroatoms. The number of rotatable bonds is 2. The number of carboxylic acid groups (broad SMARTS) is 1. The van der Waals surface area contributed by atoms with E-state index in [2.05, 4.69) is 10.6 Å². The van der Waals surface area contributed by atoms with E-state index < -0.39 is 6.09 Å². The average molecular weight is 158 g/mol. The molecule has 64 valence electrons. The lowest BCUT2D eigenvalue weighted by Crippen LogP contribution is -2.37. The Bertz CT molecular complexity index is 132. The summed E-state index contributed by atoms with van der Waals surface area (Å²) in [4.78, 5) is 10.1. The molecule has 1 atom stereocenters. The van der Waals surface area contributed by atoms with Gasteiger partial charge >= 0.3 is 6.09 Å². The SMILES string of the molecule is O=C(O)NC[C@@H]1CCCNC1. The number of hydrogen-bond acceptors (Lipinski definition) is 2. The van der Waals surface area contributed by atoms with Crippen molar-refractivity contribution in [2.75, 3.05) is 19.6 Å². The van der Waals surface area contributed by atoms with Crippen molar-refractivity contribution in [2.45, 2.75) is 12.8 Å². The first kappa shape index (κ1) is 8.33. The van der Waals surface area contributed by atoms with Gasteiger partial charge in [0.25, 0.3) is 0 Å².